The van der Waals surface area contributed by atoms with Gasteiger partial charge in [-0.2, -0.15) is 0 Å². The molecule has 0 aliphatic carbocycles. The van der Waals surface area contributed by atoms with Gasteiger partial charge in [0, 0.05) is 13.0 Å². The topological polar surface area (TPSA) is 79.6 Å². The van der Waals surface area contributed by atoms with Gasteiger partial charge in [0.15, 0.2) is 5.65 Å². The molecule has 16 heavy (non-hydrogen) atoms. The van der Waals surface area contributed by atoms with Crippen LogP contribution in [0.2, 0.25) is 0 Å². The normalized spacial score (nSPS) is 12.9. The molecule has 2 aromatic heterocycles. The zero-order valence-electron chi connectivity index (χ0n) is 9.62. The highest BCUT2D eigenvalue weighted by Gasteiger charge is 2.10. The Morgan fingerprint density at radius 1 is 1.44 bits per heavy atom. The van der Waals surface area contributed by atoms with Gasteiger partial charge in [0.25, 0.3) is 0 Å². The highest BCUT2D eigenvalue weighted by molar-refractivity contribution is 5.72. The second-order valence-electron chi connectivity index (χ2n) is 3.92. The molecule has 5 nitrogen and oxygen atoms in total. The predicted molar refractivity (Wildman–Crippen MR) is 65.5 cm³/mol. The predicted octanol–water partition coefficient (Wildman–Crippen LogP) is 1.45. The smallest absolute Gasteiger partial charge is 0.179 e. The van der Waals surface area contributed by atoms with Crippen molar-refractivity contribution in [2.24, 2.45) is 5.73 Å². The van der Waals surface area contributed by atoms with Crippen LogP contribution < -0.4 is 11.1 Å². The number of hydrogen-bond donors (Lipinski definition) is 3. The van der Waals surface area contributed by atoms with E-state index < -0.39 is 0 Å². The molecule has 0 aliphatic heterocycles. The van der Waals surface area contributed by atoms with Gasteiger partial charge in [0.2, 0.25) is 0 Å². The summed E-state index contributed by atoms with van der Waals surface area (Å²) in [5.41, 5.74) is 7.26. The number of imidazole rings is 1. The minimum Gasteiger partial charge on any atom is -0.373 e. The van der Waals surface area contributed by atoms with Crippen LogP contribution in [0.1, 0.15) is 25.1 Å². The highest BCUT2D eigenvalue weighted by atomic mass is 15.0. The van der Waals surface area contributed by atoms with E-state index in [1.807, 2.05) is 19.2 Å². The van der Waals surface area contributed by atoms with Crippen LogP contribution in [0.4, 0.5) is 5.82 Å². The molecule has 0 fully saturated rings. The van der Waals surface area contributed by atoms with Gasteiger partial charge in [-0.05, 0) is 25.1 Å². The van der Waals surface area contributed by atoms with Gasteiger partial charge >= 0.3 is 0 Å². The van der Waals surface area contributed by atoms with E-state index in [4.69, 9.17) is 5.73 Å². The molecule has 1 unspecified atom stereocenters. The summed E-state index contributed by atoms with van der Waals surface area (Å²) in [5.74, 6) is 2.13. The maximum atomic E-state index is 5.54. The Labute approximate surface area is 94.5 Å². The summed E-state index contributed by atoms with van der Waals surface area (Å²) in [5, 5.41) is 3.00. The lowest BCUT2D eigenvalue weighted by atomic mass is 10.1. The molecule has 0 saturated carbocycles. The van der Waals surface area contributed by atoms with Crippen LogP contribution in [-0.4, -0.2) is 28.5 Å². The first-order chi connectivity index (χ1) is 7.74. The lowest BCUT2D eigenvalue weighted by Crippen LogP contribution is -2.05. The van der Waals surface area contributed by atoms with Crippen molar-refractivity contribution >= 4 is 17.0 Å². The third-order valence-electron chi connectivity index (χ3n) is 2.69. The van der Waals surface area contributed by atoms with Crippen molar-refractivity contribution in [3.63, 3.8) is 0 Å². The lowest BCUT2D eigenvalue weighted by molar-refractivity contribution is 0.657. The maximum Gasteiger partial charge on any atom is 0.179 e. The molecular formula is C11H17N5. The first kappa shape index (κ1) is 10.9. The first-order valence-electron chi connectivity index (χ1n) is 5.49. The molecule has 0 bridgehead atoms. The minimum atomic E-state index is 0.345. The Morgan fingerprint density at radius 3 is 2.94 bits per heavy atom. The van der Waals surface area contributed by atoms with Gasteiger partial charge in [0.1, 0.15) is 11.6 Å². The number of nitrogens with one attached hydrogen (secondary N) is 2. The second-order valence-corrected chi connectivity index (χ2v) is 3.92. The number of H-pyrrole nitrogens is 1. The van der Waals surface area contributed by atoms with Crippen LogP contribution in [0.25, 0.3) is 11.2 Å². The Kier molecular flexibility index (Phi) is 3.05. The van der Waals surface area contributed by atoms with Crippen LogP contribution >= 0.6 is 0 Å². The molecule has 0 aromatic carbocycles. The van der Waals surface area contributed by atoms with Gasteiger partial charge in [0.05, 0.1) is 5.52 Å². The molecule has 4 N–H and O–H groups in total. The quantitative estimate of drug-likeness (QED) is 0.727. The standard InChI is InChI=1S/C11H17N5/c1-7(5-6-12)10-14-8-3-4-9(13-2)15-11(8)16-10/h3-4,7H,5-6,12H2,1-2H3,(H2,13,14,15,16). The Morgan fingerprint density at radius 2 is 2.25 bits per heavy atom. The molecule has 2 aromatic rings. The number of nitrogens with zero attached hydrogens (tertiary/aromatic N) is 2. The van der Waals surface area contributed by atoms with Gasteiger partial charge in [-0.25, -0.2) is 9.97 Å². The monoisotopic (exact) mass is 219 g/mol. The van der Waals surface area contributed by atoms with Crippen LogP contribution in [0.15, 0.2) is 12.1 Å². The molecule has 2 heterocycles. The third kappa shape index (κ3) is 1.99. The summed E-state index contributed by atoms with van der Waals surface area (Å²) in [6, 6.07) is 3.91. The number of pyridine rings is 1. The van der Waals surface area contributed by atoms with Crippen molar-refractivity contribution in [1.82, 2.24) is 15.0 Å². The van der Waals surface area contributed by atoms with Crippen LogP contribution in [0.5, 0.6) is 0 Å². The fourth-order valence-electron chi connectivity index (χ4n) is 1.67. The number of aromatic amines is 1. The molecule has 5 heteroatoms. The summed E-state index contributed by atoms with van der Waals surface area (Å²) in [7, 11) is 1.85. The Balaban J connectivity index is 2.35. The summed E-state index contributed by atoms with van der Waals surface area (Å²) in [6.07, 6.45) is 0.929. The largest absolute Gasteiger partial charge is 0.373 e. The molecular weight excluding hydrogens is 202 g/mol. The van der Waals surface area contributed by atoms with Gasteiger partial charge in [-0.3, -0.25) is 0 Å². The van der Waals surface area contributed by atoms with E-state index in [0.717, 1.165) is 29.2 Å². The van der Waals surface area contributed by atoms with E-state index in [1.54, 1.807) is 0 Å². The molecule has 86 valence electrons. The average molecular weight is 219 g/mol. The molecule has 0 aliphatic rings. The fourth-order valence-corrected chi connectivity index (χ4v) is 1.67. The van der Waals surface area contributed by atoms with E-state index in [9.17, 15) is 0 Å². The number of rotatable bonds is 4. The van der Waals surface area contributed by atoms with E-state index in [1.165, 1.54) is 0 Å². The van der Waals surface area contributed by atoms with Crippen molar-refractivity contribution in [2.75, 3.05) is 18.9 Å². The summed E-state index contributed by atoms with van der Waals surface area (Å²) in [4.78, 5) is 12.1. The Bertz CT molecular complexity index is 476. The minimum absolute atomic E-state index is 0.345. The number of fused-ring (bicyclic) bond motifs is 1. The van der Waals surface area contributed by atoms with Crippen molar-refractivity contribution in [1.29, 1.82) is 0 Å². The van der Waals surface area contributed by atoms with Crippen molar-refractivity contribution in [3.05, 3.63) is 18.0 Å². The zero-order valence-corrected chi connectivity index (χ0v) is 9.62. The maximum absolute atomic E-state index is 5.54. The van der Waals surface area contributed by atoms with Gasteiger partial charge in [-0.15, -0.1) is 0 Å². The average Bonchev–Trinajstić information content (AvgIpc) is 2.71. The van der Waals surface area contributed by atoms with Gasteiger partial charge in [-0.1, -0.05) is 6.92 Å². The lowest BCUT2D eigenvalue weighted by Gasteiger charge is -2.04. The van der Waals surface area contributed by atoms with Crippen LogP contribution in [-0.2, 0) is 0 Å². The number of hydrogen-bond acceptors (Lipinski definition) is 4. The molecule has 0 saturated heterocycles. The van der Waals surface area contributed by atoms with E-state index in [-0.39, 0.29) is 0 Å². The van der Waals surface area contributed by atoms with Gasteiger partial charge < -0.3 is 16.0 Å². The van der Waals surface area contributed by atoms with Crippen molar-refractivity contribution in [3.8, 4) is 0 Å². The molecule has 0 amide bonds. The highest BCUT2D eigenvalue weighted by Crippen LogP contribution is 2.19. The summed E-state index contributed by atoms with van der Waals surface area (Å²) in [6.45, 7) is 2.79. The van der Waals surface area contributed by atoms with Crippen LogP contribution in [0, 0.1) is 0 Å². The van der Waals surface area contributed by atoms with E-state index in [0.29, 0.717) is 12.5 Å². The SMILES string of the molecule is CNc1ccc2[nH]c(C(C)CCN)nc2n1. The van der Waals surface area contributed by atoms with E-state index in [2.05, 4.69) is 27.2 Å². The second kappa shape index (κ2) is 4.49. The van der Waals surface area contributed by atoms with Crippen molar-refractivity contribution < 1.29 is 0 Å². The first-order valence-corrected chi connectivity index (χ1v) is 5.49. The summed E-state index contributed by atoms with van der Waals surface area (Å²) < 4.78 is 0. The molecule has 0 radical (unpaired) electrons. The number of anilines is 1. The fraction of sp³-hybridized carbons (Fsp3) is 0.455. The van der Waals surface area contributed by atoms with Crippen molar-refractivity contribution in [2.45, 2.75) is 19.3 Å². The Hall–Kier alpha value is -1.62. The van der Waals surface area contributed by atoms with E-state index >= 15 is 0 Å². The zero-order chi connectivity index (χ0) is 11.5. The molecule has 1 atom stereocenters. The third-order valence-corrected chi connectivity index (χ3v) is 2.69. The molecule has 0 spiro atoms. The number of aromatic nitrogens is 3. The van der Waals surface area contributed by atoms with Crippen LogP contribution in [0.3, 0.4) is 0 Å². The summed E-state index contributed by atoms with van der Waals surface area (Å²) >= 11 is 0. The molecule has 2 rings (SSSR count). The number of nitrogens with two attached hydrogens (primary N) is 1.